The van der Waals surface area contributed by atoms with Gasteiger partial charge in [0.1, 0.15) is 5.82 Å². The highest BCUT2D eigenvalue weighted by atomic mass is 32.2. The monoisotopic (exact) mass is 231 g/mol. The SMILES string of the molecule is Cc1nsc(SCCNCC(C)C)n1. The Bertz CT molecular complexity index is 260. The first kappa shape index (κ1) is 11.9. The first-order chi connectivity index (χ1) is 6.68. The highest BCUT2D eigenvalue weighted by Crippen LogP contribution is 2.18. The third-order valence-electron chi connectivity index (χ3n) is 1.57. The average molecular weight is 231 g/mol. The van der Waals surface area contributed by atoms with E-state index in [-0.39, 0.29) is 0 Å². The molecule has 0 atom stereocenters. The van der Waals surface area contributed by atoms with Gasteiger partial charge >= 0.3 is 0 Å². The molecule has 0 aliphatic heterocycles. The van der Waals surface area contributed by atoms with Crippen molar-refractivity contribution >= 4 is 23.3 Å². The Balaban J connectivity index is 2.04. The predicted octanol–water partition coefficient (Wildman–Crippen LogP) is 2.18. The van der Waals surface area contributed by atoms with Gasteiger partial charge in [0, 0.05) is 12.3 Å². The summed E-state index contributed by atoms with van der Waals surface area (Å²) < 4.78 is 5.21. The molecular weight excluding hydrogens is 214 g/mol. The Kier molecular flexibility index (Phi) is 5.44. The Morgan fingerprint density at radius 2 is 2.29 bits per heavy atom. The Morgan fingerprint density at radius 3 is 2.86 bits per heavy atom. The number of aryl methyl sites for hydroxylation is 1. The molecule has 80 valence electrons. The van der Waals surface area contributed by atoms with E-state index < -0.39 is 0 Å². The lowest BCUT2D eigenvalue weighted by Crippen LogP contribution is -2.21. The van der Waals surface area contributed by atoms with Gasteiger partial charge < -0.3 is 5.32 Å². The van der Waals surface area contributed by atoms with E-state index in [4.69, 9.17) is 0 Å². The summed E-state index contributed by atoms with van der Waals surface area (Å²) in [7, 11) is 0. The molecule has 0 fully saturated rings. The molecule has 1 rings (SSSR count). The molecule has 3 nitrogen and oxygen atoms in total. The maximum Gasteiger partial charge on any atom is 0.170 e. The molecule has 1 aromatic rings. The molecule has 0 aromatic carbocycles. The standard InChI is InChI=1S/C9H17N3S2/c1-7(2)6-10-4-5-13-9-11-8(3)12-14-9/h7,10H,4-6H2,1-3H3. The summed E-state index contributed by atoms with van der Waals surface area (Å²) in [5, 5.41) is 3.40. The minimum absolute atomic E-state index is 0.726. The van der Waals surface area contributed by atoms with Crippen molar-refractivity contribution in [2.75, 3.05) is 18.8 Å². The van der Waals surface area contributed by atoms with Crippen LogP contribution in [0.3, 0.4) is 0 Å². The molecule has 0 bridgehead atoms. The minimum atomic E-state index is 0.726. The summed E-state index contributed by atoms with van der Waals surface area (Å²) in [5.74, 6) is 2.68. The summed E-state index contributed by atoms with van der Waals surface area (Å²) in [4.78, 5) is 4.29. The van der Waals surface area contributed by atoms with Crippen LogP contribution >= 0.6 is 23.3 Å². The van der Waals surface area contributed by atoms with Crippen molar-refractivity contribution in [1.82, 2.24) is 14.7 Å². The van der Waals surface area contributed by atoms with Crippen LogP contribution < -0.4 is 5.32 Å². The third-order valence-corrected chi connectivity index (χ3v) is 3.49. The molecule has 0 saturated heterocycles. The van der Waals surface area contributed by atoms with E-state index >= 15 is 0 Å². The number of rotatable bonds is 6. The van der Waals surface area contributed by atoms with Crippen LogP contribution in [0.4, 0.5) is 0 Å². The van der Waals surface area contributed by atoms with Crippen molar-refractivity contribution in [2.45, 2.75) is 25.1 Å². The van der Waals surface area contributed by atoms with Gasteiger partial charge in [-0.05, 0) is 30.9 Å². The average Bonchev–Trinajstić information content (AvgIpc) is 2.50. The minimum Gasteiger partial charge on any atom is -0.316 e. The van der Waals surface area contributed by atoms with E-state index in [0.29, 0.717) is 0 Å². The van der Waals surface area contributed by atoms with E-state index in [2.05, 4.69) is 28.5 Å². The summed E-state index contributed by atoms with van der Waals surface area (Å²) in [6.45, 7) is 8.50. The number of thioether (sulfide) groups is 1. The number of nitrogens with zero attached hydrogens (tertiary/aromatic N) is 2. The van der Waals surface area contributed by atoms with Crippen LogP contribution in [0.5, 0.6) is 0 Å². The predicted molar refractivity (Wildman–Crippen MR) is 63.1 cm³/mol. The highest BCUT2D eigenvalue weighted by molar-refractivity contribution is 8.00. The van der Waals surface area contributed by atoms with Gasteiger partial charge in [0.2, 0.25) is 0 Å². The molecule has 0 aliphatic carbocycles. The molecular formula is C9H17N3S2. The maximum atomic E-state index is 4.29. The van der Waals surface area contributed by atoms with Gasteiger partial charge in [0.05, 0.1) is 0 Å². The third kappa shape index (κ3) is 4.93. The zero-order chi connectivity index (χ0) is 10.4. The zero-order valence-corrected chi connectivity index (χ0v) is 10.5. The van der Waals surface area contributed by atoms with Crippen molar-refractivity contribution in [3.8, 4) is 0 Å². The van der Waals surface area contributed by atoms with Crippen LogP contribution in [-0.2, 0) is 0 Å². The lowest BCUT2D eigenvalue weighted by atomic mass is 10.2. The second-order valence-corrected chi connectivity index (χ2v) is 5.65. The molecule has 1 heterocycles. The van der Waals surface area contributed by atoms with Gasteiger partial charge in [-0.15, -0.1) is 0 Å². The number of nitrogens with one attached hydrogen (secondary N) is 1. The molecule has 0 radical (unpaired) electrons. The second-order valence-electron chi connectivity index (χ2n) is 3.55. The number of hydrogen-bond acceptors (Lipinski definition) is 5. The Labute approximate surface area is 93.9 Å². The molecule has 0 saturated carbocycles. The smallest absolute Gasteiger partial charge is 0.170 e. The van der Waals surface area contributed by atoms with E-state index in [9.17, 15) is 0 Å². The molecule has 14 heavy (non-hydrogen) atoms. The molecule has 0 spiro atoms. The fourth-order valence-corrected chi connectivity index (χ4v) is 2.55. The van der Waals surface area contributed by atoms with E-state index in [0.717, 1.165) is 34.9 Å². The van der Waals surface area contributed by atoms with Crippen molar-refractivity contribution in [3.05, 3.63) is 5.82 Å². The quantitative estimate of drug-likeness (QED) is 0.601. The molecule has 5 heteroatoms. The van der Waals surface area contributed by atoms with Crippen molar-refractivity contribution in [3.63, 3.8) is 0 Å². The Morgan fingerprint density at radius 1 is 1.50 bits per heavy atom. The van der Waals surface area contributed by atoms with Crippen LogP contribution in [0.1, 0.15) is 19.7 Å². The fourth-order valence-electron chi connectivity index (χ4n) is 0.938. The lowest BCUT2D eigenvalue weighted by molar-refractivity contribution is 0.568. The molecule has 0 amide bonds. The maximum absolute atomic E-state index is 4.29. The first-order valence-electron chi connectivity index (χ1n) is 4.82. The summed E-state index contributed by atoms with van der Waals surface area (Å²) in [5.41, 5.74) is 0. The van der Waals surface area contributed by atoms with Crippen molar-refractivity contribution in [2.24, 2.45) is 5.92 Å². The van der Waals surface area contributed by atoms with E-state index in [1.165, 1.54) is 11.5 Å². The van der Waals surface area contributed by atoms with Gasteiger partial charge in [0.15, 0.2) is 4.34 Å². The van der Waals surface area contributed by atoms with Gasteiger partial charge in [-0.2, -0.15) is 4.37 Å². The van der Waals surface area contributed by atoms with Gasteiger partial charge in [-0.3, -0.25) is 0 Å². The van der Waals surface area contributed by atoms with E-state index in [1.54, 1.807) is 11.8 Å². The largest absolute Gasteiger partial charge is 0.316 e. The van der Waals surface area contributed by atoms with Gasteiger partial charge in [-0.25, -0.2) is 4.98 Å². The van der Waals surface area contributed by atoms with Crippen LogP contribution in [0.2, 0.25) is 0 Å². The van der Waals surface area contributed by atoms with Crippen molar-refractivity contribution in [1.29, 1.82) is 0 Å². The van der Waals surface area contributed by atoms with Crippen molar-refractivity contribution < 1.29 is 0 Å². The van der Waals surface area contributed by atoms with Gasteiger partial charge in [-0.1, -0.05) is 25.6 Å². The normalized spacial score (nSPS) is 11.1. The number of hydrogen-bond donors (Lipinski definition) is 1. The molecule has 1 N–H and O–H groups in total. The first-order valence-corrected chi connectivity index (χ1v) is 6.58. The zero-order valence-electron chi connectivity index (χ0n) is 8.91. The number of aromatic nitrogens is 2. The summed E-state index contributed by atoms with van der Waals surface area (Å²) in [6.07, 6.45) is 0. The van der Waals surface area contributed by atoms with Crippen LogP contribution in [0.25, 0.3) is 0 Å². The summed E-state index contributed by atoms with van der Waals surface area (Å²) >= 11 is 3.26. The topological polar surface area (TPSA) is 37.8 Å². The van der Waals surface area contributed by atoms with E-state index in [1.807, 2.05) is 6.92 Å². The summed E-state index contributed by atoms with van der Waals surface area (Å²) in [6, 6.07) is 0. The lowest BCUT2D eigenvalue weighted by Gasteiger charge is -2.05. The van der Waals surface area contributed by atoms with Gasteiger partial charge in [0.25, 0.3) is 0 Å². The Hall–Kier alpha value is -0.130. The van der Waals surface area contributed by atoms with Crippen LogP contribution in [0, 0.1) is 12.8 Å². The fraction of sp³-hybridized carbons (Fsp3) is 0.778. The molecule has 1 aromatic heterocycles. The highest BCUT2D eigenvalue weighted by Gasteiger charge is 2.00. The second kappa shape index (κ2) is 6.37. The molecule has 0 aliphatic rings. The molecule has 0 unspecified atom stereocenters. The van der Waals surface area contributed by atoms with Crippen LogP contribution in [-0.4, -0.2) is 28.2 Å². The van der Waals surface area contributed by atoms with Crippen LogP contribution in [0.15, 0.2) is 4.34 Å².